The lowest BCUT2D eigenvalue weighted by Crippen LogP contribution is -2.44. The van der Waals surface area contributed by atoms with Crippen molar-refractivity contribution in [1.29, 1.82) is 0 Å². The number of carbonyl (C=O) groups is 4. The molecule has 0 aromatic carbocycles. The van der Waals surface area contributed by atoms with Gasteiger partial charge in [-0.25, -0.2) is 0 Å². The first-order valence-electron chi connectivity index (χ1n) is 11.2. The van der Waals surface area contributed by atoms with Crippen molar-refractivity contribution in [3.8, 4) is 0 Å². The molecule has 0 saturated carbocycles. The van der Waals surface area contributed by atoms with Gasteiger partial charge < -0.3 is 20.6 Å². The van der Waals surface area contributed by atoms with Crippen LogP contribution in [0.25, 0.3) is 0 Å². The van der Waals surface area contributed by atoms with E-state index in [-0.39, 0.29) is 31.1 Å². The van der Waals surface area contributed by atoms with Crippen LogP contribution in [-0.4, -0.2) is 48.1 Å². The number of aldehydes is 1. The van der Waals surface area contributed by atoms with Crippen LogP contribution < -0.4 is 11.1 Å². The first kappa shape index (κ1) is 27.6. The first-order valence-corrected chi connectivity index (χ1v) is 11.2. The molecule has 8 heteroatoms. The number of nitrogens with zero attached hydrogens (tertiary/aromatic N) is 1. The molecular weight excluding hydrogens is 422 g/mol. The zero-order valence-corrected chi connectivity index (χ0v) is 19.2. The van der Waals surface area contributed by atoms with Gasteiger partial charge in [0.05, 0.1) is 6.04 Å². The second kappa shape index (κ2) is 16.2. The molecule has 0 aliphatic carbocycles. The maximum Gasteiger partial charge on any atom is 0.257 e. The molecule has 0 spiro atoms. The zero-order chi connectivity index (χ0) is 24.5. The van der Waals surface area contributed by atoms with E-state index in [1.165, 1.54) is 24.3 Å². The van der Waals surface area contributed by atoms with Crippen molar-refractivity contribution in [3.63, 3.8) is 0 Å². The van der Waals surface area contributed by atoms with E-state index >= 15 is 0 Å². The molecule has 8 nitrogen and oxygen atoms in total. The summed E-state index contributed by atoms with van der Waals surface area (Å²) >= 11 is 0. The van der Waals surface area contributed by atoms with Crippen LogP contribution in [-0.2, 0) is 23.9 Å². The van der Waals surface area contributed by atoms with E-state index in [9.17, 15) is 19.2 Å². The summed E-state index contributed by atoms with van der Waals surface area (Å²) in [5.74, 6) is -1.56. The fraction of sp³-hybridized carbons (Fsp3) is 0.440. The Bertz CT molecular complexity index is 798. The lowest BCUT2D eigenvalue weighted by atomic mass is 10.1. The lowest BCUT2D eigenvalue weighted by molar-refractivity contribution is -0.144. The predicted octanol–water partition coefficient (Wildman–Crippen LogP) is 2.83. The predicted molar refractivity (Wildman–Crippen MR) is 127 cm³/mol. The second-order valence-corrected chi connectivity index (χ2v) is 7.70. The van der Waals surface area contributed by atoms with E-state index in [0.29, 0.717) is 18.5 Å². The van der Waals surface area contributed by atoms with Crippen LogP contribution >= 0.6 is 0 Å². The van der Waals surface area contributed by atoms with Gasteiger partial charge >= 0.3 is 0 Å². The highest BCUT2D eigenvalue weighted by atomic mass is 16.5. The van der Waals surface area contributed by atoms with Crippen molar-refractivity contribution in [3.05, 3.63) is 61.1 Å². The molecule has 0 bridgehead atoms. The summed E-state index contributed by atoms with van der Waals surface area (Å²) in [5.41, 5.74) is 5.89. The maximum absolute atomic E-state index is 12.7. The lowest BCUT2D eigenvalue weighted by Gasteiger charge is -2.24. The number of unbranched alkanes of at least 4 members (excludes halogenated alkanes) is 5. The van der Waals surface area contributed by atoms with Crippen molar-refractivity contribution < 1.29 is 23.9 Å². The van der Waals surface area contributed by atoms with E-state index in [4.69, 9.17) is 10.5 Å². The molecule has 3 amide bonds. The Morgan fingerprint density at radius 1 is 1.12 bits per heavy atom. The van der Waals surface area contributed by atoms with Gasteiger partial charge in [-0.2, -0.15) is 0 Å². The number of rotatable bonds is 16. The largest absolute Gasteiger partial charge is 0.484 e. The van der Waals surface area contributed by atoms with Crippen molar-refractivity contribution in [2.75, 3.05) is 13.2 Å². The standard InChI is InChI=1S/C25H35N3O5/c1-3-4-5-6-7-8-11-16-27-23(30)19-33-22-12-9-10-13-24(31)28(25(32)17-22)21(18-29)15-14-20(2)26/h3,9-10,12-13,17-18,21H,1-2,4-8,11,14-16,19,26H2,(H,27,30)/b12-9-,13-10+,22-17-. The Kier molecular flexibility index (Phi) is 13.6. The molecule has 1 aliphatic rings. The third-order valence-electron chi connectivity index (χ3n) is 4.88. The van der Waals surface area contributed by atoms with Gasteiger partial charge in [0.1, 0.15) is 12.0 Å². The third kappa shape index (κ3) is 11.7. The summed E-state index contributed by atoms with van der Waals surface area (Å²) in [6, 6.07) is -0.995. The molecule has 1 rings (SSSR count). The molecule has 1 aliphatic heterocycles. The van der Waals surface area contributed by atoms with E-state index in [2.05, 4.69) is 18.5 Å². The SMILES string of the molecule is C=CCCCCCCCNC(=O)COC1=C\C(=O)N(C(C=O)CCC(=C)N)C(=O)/C=C/C=C\1. The van der Waals surface area contributed by atoms with Crippen molar-refractivity contribution >= 4 is 24.0 Å². The Morgan fingerprint density at radius 3 is 2.52 bits per heavy atom. The minimum atomic E-state index is -0.995. The summed E-state index contributed by atoms with van der Waals surface area (Å²) in [4.78, 5) is 49.6. The van der Waals surface area contributed by atoms with Crippen molar-refractivity contribution in [2.24, 2.45) is 5.73 Å². The number of imide groups is 1. The molecule has 1 heterocycles. The zero-order valence-electron chi connectivity index (χ0n) is 19.2. The molecule has 1 unspecified atom stereocenters. The minimum Gasteiger partial charge on any atom is -0.484 e. The van der Waals surface area contributed by atoms with Gasteiger partial charge in [0.25, 0.3) is 17.7 Å². The number of nitrogens with two attached hydrogens (primary N) is 1. The van der Waals surface area contributed by atoms with Crippen molar-refractivity contribution in [1.82, 2.24) is 10.2 Å². The molecule has 0 aromatic heterocycles. The molecular formula is C25H35N3O5. The Labute approximate surface area is 195 Å². The summed E-state index contributed by atoms with van der Waals surface area (Å²) in [7, 11) is 0. The highest BCUT2D eigenvalue weighted by Crippen LogP contribution is 2.13. The second-order valence-electron chi connectivity index (χ2n) is 7.70. The van der Waals surface area contributed by atoms with Crippen LogP contribution in [0.2, 0.25) is 0 Å². The quantitative estimate of drug-likeness (QED) is 0.159. The van der Waals surface area contributed by atoms with Crippen LogP contribution in [0.5, 0.6) is 0 Å². The number of nitrogens with one attached hydrogen (secondary N) is 1. The van der Waals surface area contributed by atoms with E-state index < -0.39 is 17.9 Å². The summed E-state index contributed by atoms with van der Waals surface area (Å²) in [5, 5.41) is 2.79. The minimum absolute atomic E-state index is 0.106. The number of hydrogen-bond acceptors (Lipinski definition) is 6. The van der Waals surface area contributed by atoms with Crippen LogP contribution in [0.15, 0.2) is 61.1 Å². The third-order valence-corrected chi connectivity index (χ3v) is 4.88. The van der Waals surface area contributed by atoms with Gasteiger partial charge in [0.2, 0.25) is 0 Å². The highest BCUT2D eigenvalue weighted by Gasteiger charge is 2.27. The molecule has 1 atom stereocenters. The number of carbonyl (C=O) groups excluding carboxylic acids is 4. The average Bonchev–Trinajstić information content (AvgIpc) is 2.84. The molecule has 3 N–H and O–H groups in total. The smallest absolute Gasteiger partial charge is 0.257 e. The Balaban J connectivity index is 2.60. The molecule has 0 aromatic rings. The number of ether oxygens (including phenoxy) is 1. The molecule has 180 valence electrons. The van der Waals surface area contributed by atoms with Crippen LogP contribution in [0, 0.1) is 0 Å². The van der Waals surface area contributed by atoms with Crippen molar-refractivity contribution in [2.45, 2.75) is 57.4 Å². The Hall–Kier alpha value is -3.42. The Morgan fingerprint density at radius 2 is 1.82 bits per heavy atom. The van der Waals surface area contributed by atoms with Gasteiger partial charge in [-0.3, -0.25) is 19.3 Å². The number of allylic oxidation sites excluding steroid dienone is 5. The summed E-state index contributed by atoms with van der Waals surface area (Å²) in [6.45, 7) is 7.55. The van der Waals surface area contributed by atoms with E-state index in [1.807, 2.05) is 6.08 Å². The topological polar surface area (TPSA) is 119 Å². The van der Waals surface area contributed by atoms with Gasteiger partial charge in [-0.1, -0.05) is 44.1 Å². The molecule has 33 heavy (non-hydrogen) atoms. The molecule has 0 fully saturated rings. The highest BCUT2D eigenvalue weighted by molar-refractivity contribution is 6.07. The van der Waals surface area contributed by atoms with E-state index in [0.717, 1.165) is 49.5 Å². The maximum atomic E-state index is 12.7. The first-order chi connectivity index (χ1) is 15.9. The average molecular weight is 458 g/mol. The summed E-state index contributed by atoms with van der Waals surface area (Å²) in [6.07, 6.45) is 15.9. The number of amides is 3. The van der Waals surface area contributed by atoms with Gasteiger partial charge in [-0.15, -0.1) is 6.58 Å². The fourth-order valence-corrected chi connectivity index (χ4v) is 3.10. The van der Waals surface area contributed by atoms with Gasteiger partial charge in [0, 0.05) is 24.4 Å². The normalized spacial score (nSPS) is 18.1. The van der Waals surface area contributed by atoms with Crippen LogP contribution in [0.1, 0.15) is 51.4 Å². The summed E-state index contributed by atoms with van der Waals surface area (Å²) < 4.78 is 5.46. The van der Waals surface area contributed by atoms with Gasteiger partial charge in [-0.05, 0) is 38.2 Å². The number of hydrogen-bond donors (Lipinski definition) is 2. The monoisotopic (exact) mass is 457 g/mol. The van der Waals surface area contributed by atoms with Gasteiger partial charge in [0.15, 0.2) is 6.61 Å². The van der Waals surface area contributed by atoms with E-state index in [1.54, 1.807) is 0 Å². The van der Waals surface area contributed by atoms with Crippen LogP contribution in [0.4, 0.5) is 0 Å². The fourth-order valence-electron chi connectivity index (χ4n) is 3.10. The molecule has 0 saturated heterocycles. The van der Waals surface area contributed by atoms with Crippen LogP contribution in [0.3, 0.4) is 0 Å². The molecule has 0 radical (unpaired) electrons.